The minimum absolute atomic E-state index is 0.118. The topological polar surface area (TPSA) is 64.4 Å². The Morgan fingerprint density at radius 3 is 2.08 bits per heavy atom. The van der Waals surface area contributed by atoms with Gasteiger partial charge in [-0.15, -0.1) is 0 Å². The molecule has 134 valence electrons. The summed E-state index contributed by atoms with van der Waals surface area (Å²) in [4.78, 5) is 11.7. The van der Waals surface area contributed by atoms with Crippen LogP contribution in [0.1, 0.15) is 18.1 Å². The van der Waals surface area contributed by atoms with Crippen molar-refractivity contribution in [1.82, 2.24) is 5.32 Å². The maximum absolute atomic E-state index is 12.5. The zero-order valence-corrected chi connectivity index (χ0v) is 13.6. The van der Waals surface area contributed by atoms with Crippen molar-refractivity contribution in [1.29, 1.82) is 0 Å². The van der Waals surface area contributed by atoms with Crippen molar-refractivity contribution in [2.75, 3.05) is 6.54 Å². The van der Waals surface area contributed by atoms with Crippen molar-refractivity contribution in [3.05, 3.63) is 59.7 Å². The van der Waals surface area contributed by atoms with E-state index >= 15 is 0 Å². The monoisotopic (exact) mass is 352 g/mol. The molecule has 0 aliphatic heterocycles. The van der Waals surface area contributed by atoms with Crippen LogP contribution in [0.3, 0.4) is 0 Å². The van der Waals surface area contributed by atoms with E-state index in [-0.39, 0.29) is 18.4 Å². The largest absolute Gasteiger partial charge is 0.457 e. The third-order valence-electron chi connectivity index (χ3n) is 3.61. The standard InChI is InChI=1S/C18H19F3N2O2/c1-12(10-22)17(24)23-11-13-2-6-15(7-3-13)25-16-8-4-14(5-9-16)18(19,20)21/h2-9,12H,10-11,22H2,1H3,(H,23,24). The van der Waals surface area contributed by atoms with Gasteiger partial charge in [0.05, 0.1) is 5.56 Å². The van der Waals surface area contributed by atoms with E-state index in [1.54, 1.807) is 31.2 Å². The Balaban J connectivity index is 1.93. The van der Waals surface area contributed by atoms with Crippen LogP contribution >= 0.6 is 0 Å². The number of halogens is 3. The smallest absolute Gasteiger partial charge is 0.416 e. The molecule has 0 fully saturated rings. The Labute approximate surface area is 143 Å². The van der Waals surface area contributed by atoms with Crippen molar-refractivity contribution in [3.63, 3.8) is 0 Å². The van der Waals surface area contributed by atoms with E-state index in [0.717, 1.165) is 17.7 Å². The van der Waals surface area contributed by atoms with Gasteiger partial charge in [-0.25, -0.2) is 0 Å². The van der Waals surface area contributed by atoms with Gasteiger partial charge < -0.3 is 15.8 Å². The van der Waals surface area contributed by atoms with Crippen LogP contribution in [0.4, 0.5) is 13.2 Å². The normalized spacial score (nSPS) is 12.5. The minimum atomic E-state index is -4.37. The molecule has 4 nitrogen and oxygen atoms in total. The summed E-state index contributed by atoms with van der Waals surface area (Å²) in [6, 6.07) is 11.4. The number of hydrogen-bond donors (Lipinski definition) is 2. The zero-order valence-electron chi connectivity index (χ0n) is 13.6. The lowest BCUT2D eigenvalue weighted by molar-refractivity contribution is -0.137. The number of nitrogens with two attached hydrogens (primary N) is 1. The highest BCUT2D eigenvalue weighted by atomic mass is 19.4. The van der Waals surface area contributed by atoms with Gasteiger partial charge >= 0.3 is 6.18 Å². The van der Waals surface area contributed by atoms with E-state index in [4.69, 9.17) is 10.5 Å². The summed E-state index contributed by atoms with van der Waals surface area (Å²) in [6.07, 6.45) is -4.37. The first-order valence-electron chi connectivity index (χ1n) is 7.71. The molecule has 0 bridgehead atoms. The molecular formula is C18H19F3N2O2. The van der Waals surface area contributed by atoms with Crippen LogP contribution in [0.25, 0.3) is 0 Å². The highest BCUT2D eigenvalue weighted by Crippen LogP contribution is 2.31. The Hall–Kier alpha value is -2.54. The molecule has 0 spiro atoms. The quantitative estimate of drug-likeness (QED) is 0.833. The van der Waals surface area contributed by atoms with Crippen LogP contribution in [0.15, 0.2) is 48.5 Å². The average Bonchev–Trinajstić information content (AvgIpc) is 2.60. The lowest BCUT2D eigenvalue weighted by atomic mass is 10.1. The summed E-state index contributed by atoms with van der Waals surface area (Å²) in [5, 5.41) is 2.77. The van der Waals surface area contributed by atoms with Crippen LogP contribution in [0.5, 0.6) is 11.5 Å². The first-order chi connectivity index (χ1) is 11.8. The second-order valence-corrected chi connectivity index (χ2v) is 5.62. The molecule has 0 aliphatic rings. The third-order valence-corrected chi connectivity index (χ3v) is 3.61. The Bertz CT molecular complexity index is 698. The molecule has 0 saturated heterocycles. The van der Waals surface area contributed by atoms with E-state index < -0.39 is 11.7 Å². The van der Waals surface area contributed by atoms with Crippen LogP contribution < -0.4 is 15.8 Å². The van der Waals surface area contributed by atoms with Gasteiger partial charge in [-0.2, -0.15) is 13.2 Å². The first-order valence-corrected chi connectivity index (χ1v) is 7.71. The molecule has 0 saturated carbocycles. The number of benzene rings is 2. The van der Waals surface area contributed by atoms with E-state index in [1.165, 1.54) is 12.1 Å². The minimum Gasteiger partial charge on any atom is -0.457 e. The van der Waals surface area contributed by atoms with Crippen molar-refractivity contribution in [2.45, 2.75) is 19.6 Å². The number of amides is 1. The molecule has 0 aromatic heterocycles. The number of hydrogen-bond acceptors (Lipinski definition) is 3. The van der Waals surface area contributed by atoms with E-state index in [1.807, 2.05) is 0 Å². The molecule has 2 rings (SSSR count). The summed E-state index contributed by atoms with van der Waals surface area (Å²) in [5.74, 6) is 0.436. The summed E-state index contributed by atoms with van der Waals surface area (Å²) in [5.41, 5.74) is 5.58. The molecule has 1 amide bonds. The lowest BCUT2D eigenvalue weighted by Gasteiger charge is -2.11. The predicted octanol–water partition coefficient (Wildman–Crippen LogP) is 3.71. The van der Waals surface area contributed by atoms with E-state index in [9.17, 15) is 18.0 Å². The third kappa shape index (κ3) is 5.49. The zero-order chi connectivity index (χ0) is 18.4. The fraction of sp³-hybridized carbons (Fsp3) is 0.278. The summed E-state index contributed by atoms with van der Waals surface area (Å²) < 4.78 is 43.1. The molecule has 2 aromatic carbocycles. The van der Waals surface area contributed by atoms with E-state index in [2.05, 4.69) is 5.32 Å². The summed E-state index contributed by atoms with van der Waals surface area (Å²) in [6.45, 7) is 2.39. The molecular weight excluding hydrogens is 333 g/mol. The van der Waals surface area contributed by atoms with Crippen molar-refractivity contribution < 1.29 is 22.7 Å². The van der Waals surface area contributed by atoms with Gasteiger partial charge in [0, 0.05) is 19.0 Å². The van der Waals surface area contributed by atoms with Gasteiger partial charge in [0.25, 0.3) is 0 Å². The second kappa shape index (κ2) is 8.02. The maximum Gasteiger partial charge on any atom is 0.416 e. The van der Waals surface area contributed by atoms with Gasteiger partial charge in [-0.3, -0.25) is 4.79 Å². The number of alkyl halides is 3. The van der Waals surface area contributed by atoms with Crippen LogP contribution in [-0.4, -0.2) is 12.5 Å². The molecule has 2 aromatic rings. The second-order valence-electron chi connectivity index (χ2n) is 5.62. The van der Waals surface area contributed by atoms with Crippen LogP contribution in [0.2, 0.25) is 0 Å². The van der Waals surface area contributed by atoms with Gasteiger partial charge in [0.1, 0.15) is 11.5 Å². The molecule has 0 heterocycles. The van der Waals surface area contributed by atoms with Gasteiger partial charge in [-0.05, 0) is 42.0 Å². The molecule has 1 atom stereocenters. The Kier molecular flexibility index (Phi) is 6.03. The first kappa shape index (κ1) is 18.8. The average molecular weight is 352 g/mol. The number of carbonyl (C=O) groups excluding carboxylic acids is 1. The summed E-state index contributed by atoms with van der Waals surface area (Å²) >= 11 is 0. The highest BCUT2D eigenvalue weighted by Gasteiger charge is 2.30. The van der Waals surface area contributed by atoms with Crippen molar-refractivity contribution in [2.24, 2.45) is 11.7 Å². The molecule has 0 aliphatic carbocycles. The predicted molar refractivity (Wildman–Crippen MR) is 88.0 cm³/mol. The number of carbonyl (C=O) groups is 1. The number of nitrogens with one attached hydrogen (secondary N) is 1. The van der Waals surface area contributed by atoms with Gasteiger partial charge in [-0.1, -0.05) is 19.1 Å². The lowest BCUT2D eigenvalue weighted by Crippen LogP contribution is -2.32. The van der Waals surface area contributed by atoms with Crippen molar-refractivity contribution in [3.8, 4) is 11.5 Å². The Morgan fingerprint density at radius 1 is 1.08 bits per heavy atom. The molecule has 1 unspecified atom stereocenters. The van der Waals surface area contributed by atoms with Crippen LogP contribution in [0, 0.1) is 5.92 Å². The van der Waals surface area contributed by atoms with Gasteiger partial charge in [0.2, 0.25) is 5.91 Å². The molecule has 25 heavy (non-hydrogen) atoms. The summed E-state index contributed by atoms with van der Waals surface area (Å²) in [7, 11) is 0. The number of rotatable bonds is 6. The van der Waals surface area contributed by atoms with Crippen LogP contribution in [-0.2, 0) is 17.5 Å². The number of ether oxygens (including phenoxy) is 1. The fourth-order valence-corrected chi connectivity index (χ4v) is 1.99. The fourth-order valence-electron chi connectivity index (χ4n) is 1.99. The highest BCUT2D eigenvalue weighted by molar-refractivity contribution is 5.78. The molecule has 3 N–H and O–H groups in total. The molecule has 7 heteroatoms. The Morgan fingerprint density at radius 2 is 1.60 bits per heavy atom. The van der Waals surface area contributed by atoms with Crippen molar-refractivity contribution >= 4 is 5.91 Å². The van der Waals surface area contributed by atoms with Gasteiger partial charge in [0.15, 0.2) is 0 Å². The molecule has 0 radical (unpaired) electrons. The van der Waals surface area contributed by atoms with E-state index in [0.29, 0.717) is 18.0 Å². The SMILES string of the molecule is CC(CN)C(=O)NCc1ccc(Oc2ccc(C(F)(F)F)cc2)cc1. The maximum atomic E-state index is 12.5.